The molecule has 0 radical (unpaired) electrons. The summed E-state index contributed by atoms with van der Waals surface area (Å²) < 4.78 is 5.16. The smallest absolute Gasteiger partial charge is 0.0989 e. The lowest BCUT2D eigenvalue weighted by Crippen LogP contribution is -1.82. The molecule has 0 aliphatic carbocycles. The lowest BCUT2D eigenvalue weighted by Gasteiger charge is -1.95. The number of allylic oxidation sites excluding steroid dienone is 2. The van der Waals surface area contributed by atoms with Crippen LogP contribution >= 0.6 is 0 Å². The minimum absolute atomic E-state index is 0.537. The minimum atomic E-state index is 0.537. The van der Waals surface area contributed by atoms with E-state index in [1.807, 2.05) is 13.0 Å². The van der Waals surface area contributed by atoms with Gasteiger partial charge in [-0.3, -0.25) is 0 Å². The summed E-state index contributed by atoms with van der Waals surface area (Å²) in [6.45, 7) is 6.17. The van der Waals surface area contributed by atoms with Crippen molar-refractivity contribution in [3.05, 3.63) is 23.5 Å². The number of nitriles is 1. The molecule has 0 N–H and O–H groups in total. The van der Waals surface area contributed by atoms with Gasteiger partial charge in [0.1, 0.15) is 0 Å². The molecule has 0 atom stereocenters. The summed E-state index contributed by atoms with van der Waals surface area (Å²) in [5.41, 5.74) is 1.51. The van der Waals surface area contributed by atoms with Gasteiger partial charge >= 0.3 is 0 Å². The van der Waals surface area contributed by atoms with Gasteiger partial charge in [0.15, 0.2) is 0 Å². The van der Waals surface area contributed by atoms with Gasteiger partial charge in [0, 0.05) is 12.0 Å². The lowest BCUT2D eigenvalue weighted by atomic mass is 10.1. The Morgan fingerprint density at radius 1 is 1.80 bits per heavy atom. The second kappa shape index (κ2) is 2.57. The molecule has 52 valence electrons. The molecule has 0 aromatic rings. The predicted molar refractivity (Wildman–Crippen MR) is 38.0 cm³/mol. The third-order valence-electron chi connectivity index (χ3n) is 1.59. The van der Waals surface area contributed by atoms with Crippen molar-refractivity contribution in [1.82, 2.24) is 0 Å². The van der Waals surface area contributed by atoms with Crippen LogP contribution in [0.2, 0.25) is 0 Å². The lowest BCUT2D eigenvalue weighted by molar-refractivity contribution is 0.246. The van der Waals surface area contributed by atoms with Crippen LogP contribution in [0.4, 0.5) is 0 Å². The van der Waals surface area contributed by atoms with E-state index in [1.54, 1.807) is 0 Å². The molecule has 2 heteroatoms. The van der Waals surface area contributed by atoms with E-state index < -0.39 is 0 Å². The molecule has 1 heterocycles. The van der Waals surface area contributed by atoms with Crippen molar-refractivity contribution >= 4 is 0 Å². The Morgan fingerprint density at radius 2 is 2.50 bits per heavy atom. The van der Waals surface area contributed by atoms with E-state index in [-0.39, 0.29) is 0 Å². The van der Waals surface area contributed by atoms with Crippen LogP contribution in [0.5, 0.6) is 0 Å². The highest BCUT2D eigenvalue weighted by Crippen LogP contribution is 2.23. The van der Waals surface area contributed by atoms with Gasteiger partial charge in [-0.25, -0.2) is 0 Å². The molecule has 0 saturated carbocycles. The number of hydrogen-bond donors (Lipinski definition) is 0. The molecule has 0 bridgehead atoms. The fraction of sp³-hybridized carbons (Fsp3) is 0.375. The largest absolute Gasteiger partial charge is 0.498 e. The van der Waals surface area contributed by atoms with Crippen LogP contribution in [0, 0.1) is 11.3 Å². The highest BCUT2D eigenvalue weighted by molar-refractivity contribution is 5.41. The van der Waals surface area contributed by atoms with E-state index in [9.17, 15) is 0 Å². The standard InChI is InChI=1S/C8H9NO/c1-6(5-9)8-3-4-10-7(8)2/h1,3-4H2,2H3. The topological polar surface area (TPSA) is 33.0 Å². The summed E-state index contributed by atoms with van der Waals surface area (Å²) in [7, 11) is 0. The van der Waals surface area contributed by atoms with Gasteiger partial charge in [-0.05, 0) is 6.92 Å². The SMILES string of the molecule is C=C(C#N)C1=C(C)OCC1. The fourth-order valence-corrected chi connectivity index (χ4v) is 1.00. The molecular weight excluding hydrogens is 126 g/mol. The van der Waals surface area contributed by atoms with Crippen LogP contribution in [0.1, 0.15) is 13.3 Å². The van der Waals surface area contributed by atoms with Crippen molar-refractivity contribution in [1.29, 1.82) is 5.26 Å². The van der Waals surface area contributed by atoms with Crippen LogP contribution in [0.25, 0.3) is 0 Å². The third-order valence-corrected chi connectivity index (χ3v) is 1.59. The Labute approximate surface area is 60.4 Å². The van der Waals surface area contributed by atoms with Crippen molar-refractivity contribution in [2.24, 2.45) is 0 Å². The molecule has 10 heavy (non-hydrogen) atoms. The van der Waals surface area contributed by atoms with E-state index in [4.69, 9.17) is 10.00 Å². The van der Waals surface area contributed by atoms with E-state index in [1.165, 1.54) is 0 Å². The zero-order chi connectivity index (χ0) is 7.56. The summed E-state index contributed by atoms with van der Waals surface area (Å²) in [4.78, 5) is 0. The van der Waals surface area contributed by atoms with Gasteiger partial charge in [-0.1, -0.05) is 6.58 Å². The Bertz CT molecular complexity index is 232. The summed E-state index contributed by atoms with van der Waals surface area (Å²) in [5.74, 6) is 0.853. The number of rotatable bonds is 1. The maximum absolute atomic E-state index is 8.47. The van der Waals surface area contributed by atoms with Crippen LogP contribution in [0.15, 0.2) is 23.5 Å². The van der Waals surface area contributed by atoms with E-state index in [0.717, 1.165) is 17.8 Å². The molecule has 2 nitrogen and oxygen atoms in total. The number of ether oxygens (including phenoxy) is 1. The summed E-state index contributed by atoms with van der Waals surface area (Å²) in [5, 5.41) is 8.47. The first-order chi connectivity index (χ1) is 4.75. The average molecular weight is 135 g/mol. The Balaban J connectivity index is 2.83. The van der Waals surface area contributed by atoms with Gasteiger partial charge in [0.25, 0.3) is 0 Å². The normalized spacial score (nSPS) is 16.4. The molecule has 1 rings (SSSR count). The summed E-state index contributed by atoms with van der Waals surface area (Å²) >= 11 is 0. The van der Waals surface area contributed by atoms with Crippen LogP contribution < -0.4 is 0 Å². The highest BCUT2D eigenvalue weighted by Gasteiger charge is 2.13. The van der Waals surface area contributed by atoms with Gasteiger partial charge < -0.3 is 4.74 Å². The van der Waals surface area contributed by atoms with Gasteiger partial charge in [-0.15, -0.1) is 0 Å². The molecule has 1 aliphatic heterocycles. The molecular formula is C8H9NO. The molecule has 1 aliphatic rings. The van der Waals surface area contributed by atoms with Crippen molar-refractivity contribution in [2.75, 3.05) is 6.61 Å². The van der Waals surface area contributed by atoms with Crippen LogP contribution in [-0.2, 0) is 4.74 Å². The molecule has 0 unspecified atom stereocenters. The van der Waals surface area contributed by atoms with Crippen molar-refractivity contribution in [3.63, 3.8) is 0 Å². The molecule has 0 saturated heterocycles. The Hall–Kier alpha value is -1.23. The van der Waals surface area contributed by atoms with Crippen molar-refractivity contribution in [2.45, 2.75) is 13.3 Å². The van der Waals surface area contributed by atoms with Gasteiger partial charge in [0.2, 0.25) is 0 Å². The molecule has 0 fully saturated rings. The zero-order valence-electron chi connectivity index (χ0n) is 5.98. The third kappa shape index (κ3) is 1.03. The number of hydrogen-bond acceptors (Lipinski definition) is 2. The van der Waals surface area contributed by atoms with E-state index >= 15 is 0 Å². The predicted octanol–water partition coefficient (Wildman–Crippen LogP) is 1.76. The van der Waals surface area contributed by atoms with Gasteiger partial charge in [-0.2, -0.15) is 5.26 Å². The first-order valence-electron chi connectivity index (χ1n) is 3.17. The summed E-state index contributed by atoms with van der Waals surface area (Å²) in [6, 6.07) is 2.00. The molecule has 0 amide bonds. The minimum Gasteiger partial charge on any atom is -0.498 e. The maximum atomic E-state index is 8.47. The average Bonchev–Trinajstić information content (AvgIpc) is 2.34. The molecule has 0 spiro atoms. The second-order valence-corrected chi connectivity index (χ2v) is 2.22. The highest BCUT2D eigenvalue weighted by atomic mass is 16.5. The maximum Gasteiger partial charge on any atom is 0.0989 e. The quantitative estimate of drug-likeness (QED) is 0.513. The van der Waals surface area contributed by atoms with Gasteiger partial charge in [0.05, 0.1) is 24.0 Å². The van der Waals surface area contributed by atoms with Crippen LogP contribution in [0.3, 0.4) is 0 Å². The number of nitrogens with zero attached hydrogens (tertiary/aromatic N) is 1. The van der Waals surface area contributed by atoms with Crippen molar-refractivity contribution < 1.29 is 4.74 Å². The second-order valence-electron chi connectivity index (χ2n) is 2.22. The monoisotopic (exact) mass is 135 g/mol. The zero-order valence-corrected chi connectivity index (χ0v) is 5.98. The summed E-state index contributed by atoms with van der Waals surface area (Å²) in [6.07, 6.45) is 0.832. The van der Waals surface area contributed by atoms with E-state index in [2.05, 4.69) is 6.58 Å². The fourth-order valence-electron chi connectivity index (χ4n) is 1.00. The first-order valence-corrected chi connectivity index (χ1v) is 3.17. The van der Waals surface area contributed by atoms with Crippen molar-refractivity contribution in [3.8, 4) is 6.07 Å². The molecule has 0 aromatic carbocycles. The van der Waals surface area contributed by atoms with E-state index in [0.29, 0.717) is 12.2 Å². The van der Waals surface area contributed by atoms with Crippen LogP contribution in [-0.4, -0.2) is 6.61 Å². The Kier molecular flexibility index (Phi) is 1.77. The first kappa shape index (κ1) is 6.88. The Morgan fingerprint density at radius 3 is 2.90 bits per heavy atom. The molecule has 0 aromatic heterocycles.